The van der Waals surface area contributed by atoms with Gasteiger partial charge in [-0.2, -0.15) is 11.8 Å². The van der Waals surface area contributed by atoms with Crippen LogP contribution in [0.3, 0.4) is 0 Å². The van der Waals surface area contributed by atoms with Crippen LogP contribution in [0.4, 0.5) is 0 Å². The monoisotopic (exact) mass is 409 g/mol. The van der Waals surface area contributed by atoms with E-state index < -0.39 is 0 Å². The van der Waals surface area contributed by atoms with Gasteiger partial charge in [0, 0.05) is 20.3 Å². The Hall–Kier alpha value is 0.230. The zero-order valence-electron chi connectivity index (χ0n) is 21.0. The minimum absolute atomic E-state index is 0.306. The predicted molar refractivity (Wildman–Crippen MR) is 129 cm³/mol. The largest absolute Gasteiger partial charge is 0.396 e. The maximum absolute atomic E-state index is 8.14. The molecule has 0 spiro atoms. The molecule has 0 aromatic rings. The molecule has 0 saturated heterocycles. The van der Waals surface area contributed by atoms with Crippen molar-refractivity contribution in [3.05, 3.63) is 0 Å². The quantitative estimate of drug-likeness (QED) is 0.458. The third-order valence-electron chi connectivity index (χ3n) is 3.32. The molecule has 0 bridgehead atoms. The van der Waals surface area contributed by atoms with E-state index in [1.807, 2.05) is 25.6 Å². The van der Waals surface area contributed by atoms with Crippen LogP contribution < -0.4 is 0 Å². The Morgan fingerprint density at radius 2 is 1.19 bits per heavy atom. The molecule has 170 valence electrons. The first-order valence-corrected chi connectivity index (χ1v) is 12.1. The summed E-state index contributed by atoms with van der Waals surface area (Å²) in [7, 11) is 5.97. The van der Waals surface area contributed by atoms with Gasteiger partial charge in [-0.25, -0.2) is 0 Å². The van der Waals surface area contributed by atoms with Crippen LogP contribution in [0.1, 0.15) is 74.7 Å². The SMILES string of the molecule is CC(C)CCN(C)C.CC(C)CO.COCCC(C)C.CSCCC(C)C. The van der Waals surface area contributed by atoms with Gasteiger partial charge in [0.1, 0.15) is 0 Å². The molecule has 3 nitrogen and oxygen atoms in total. The molecule has 0 atom stereocenters. The lowest BCUT2D eigenvalue weighted by Gasteiger charge is -2.10. The topological polar surface area (TPSA) is 32.7 Å². The van der Waals surface area contributed by atoms with Crippen molar-refractivity contribution in [2.45, 2.75) is 74.7 Å². The van der Waals surface area contributed by atoms with E-state index in [4.69, 9.17) is 9.84 Å². The van der Waals surface area contributed by atoms with Crippen LogP contribution in [0.15, 0.2) is 0 Å². The van der Waals surface area contributed by atoms with Crippen molar-refractivity contribution < 1.29 is 9.84 Å². The summed E-state index contributed by atoms with van der Waals surface area (Å²) in [5, 5.41) is 8.14. The van der Waals surface area contributed by atoms with Crippen molar-refractivity contribution in [2.75, 3.05) is 53.0 Å². The van der Waals surface area contributed by atoms with Gasteiger partial charge >= 0.3 is 0 Å². The molecule has 0 aromatic carbocycles. The van der Waals surface area contributed by atoms with E-state index in [9.17, 15) is 0 Å². The maximum Gasteiger partial charge on any atom is 0.0464 e. The van der Waals surface area contributed by atoms with Gasteiger partial charge in [-0.3, -0.25) is 0 Å². The highest BCUT2D eigenvalue weighted by Gasteiger charge is 1.93. The summed E-state index contributed by atoms with van der Waals surface area (Å²) in [6.07, 6.45) is 6.01. The van der Waals surface area contributed by atoms with Crippen LogP contribution in [0, 0.1) is 23.7 Å². The molecule has 0 radical (unpaired) electrons. The summed E-state index contributed by atoms with van der Waals surface area (Å²) in [4.78, 5) is 2.22. The van der Waals surface area contributed by atoms with Gasteiger partial charge in [0.15, 0.2) is 0 Å². The number of nitrogens with zero attached hydrogens (tertiary/aromatic N) is 1. The highest BCUT2D eigenvalue weighted by Crippen LogP contribution is 2.04. The Bertz CT molecular complexity index is 212. The molecular formula is C23H55NO2S. The first-order chi connectivity index (χ1) is 12.4. The van der Waals surface area contributed by atoms with Gasteiger partial charge in [0.05, 0.1) is 0 Å². The summed E-state index contributed by atoms with van der Waals surface area (Å²) in [5.41, 5.74) is 0. The second-order valence-corrected chi connectivity index (χ2v) is 9.90. The molecule has 0 aliphatic carbocycles. The fourth-order valence-electron chi connectivity index (χ4n) is 1.22. The van der Waals surface area contributed by atoms with Gasteiger partial charge in [-0.1, -0.05) is 55.4 Å². The van der Waals surface area contributed by atoms with Gasteiger partial charge in [-0.15, -0.1) is 0 Å². The summed E-state index contributed by atoms with van der Waals surface area (Å²) >= 11 is 1.93. The molecule has 0 rings (SSSR count). The fraction of sp³-hybridized carbons (Fsp3) is 1.00. The second kappa shape index (κ2) is 28.4. The third-order valence-corrected chi connectivity index (χ3v) is 3.96. The van der Waals surface area contributed by atoms with Crippen molar-refractivity contribution in [2.24, 2.45) is 23.7 Å². The Kier molecular flexibility index (Phi) is 36.6. The lowest BCUT2D eigenvalue weighted by molar-refractivity contribution is 0.183. The van der Waals surface area contributed by atoms with Gasteiger partial charge in [-0.05, 0) is 75.6 Å². The normalized spacial score (nSPS) is 10.4. The fourth-order valence-corrected chi connectivity index (χ4v) is 1.93. The number of hydrogen-bond acceptors (Lipinski definition) is 4. The molecule has 0 aliphatic rings. The number of thioether (sulfide) groups is 1. The van der Waals surface area contributed by atoms with E-state index in [2.05, 4.69) is 66.8 Å². The van der Waals surface area contributed by atoms with Crippen molar-refractivity contribution in [1.29, 1.82) is 0 Å². The summed E-state index contributed by atoms with van der Waals surface area (Å²) in [6, 6.07) is 0. The minimum atomic E-state index is 0.306. The third kappa shape index (κ3) is 66.4. The standard InChI is InChI=1S/C7H17N.C6H14O.C6H14S.C4H10O/c1-7(2)5-6-8(3)4;2*1-6(2)4-5-7-3;1-4(2)3-5/h7H,5-6H2,1-4H3;2*6H,4-5H2,1-3H3;4-5H,3H2,1-2H3. The lowest BCUT2D eigenvalue weighted by atomic mass is 10.1. The molecule has 0 unspecified atom stereocenters. The highest BCUT2D eigenvalue weighted by molar-refractivity contribution is 7.98. The first-order valence-electron chi connectivity index (χ1n) is 10.7. The Morgan fingerprint density at radius 1 is 0.778 bits per heavy atom. The summed E-state index contributed by atoms with van der Waals surface area (Å²) in [6.45, 7) is 19.8. The Labute approximate surface area is 178 Å². The second-order valence-electron chi connectivity index (χ2n) is 8.91. The van der Waals surface area contributed by atoms with Gasteiger partial charge in [0.25, 0.3) is 0 Å². The van der Waals surface area contributed by atoms with Crippen molar-refractivity contribution >= 4 is 11.8 Å². The molecule has 0 saturated carbocycles. The zero-order chi connectivity index (χ0) is 22.3. The number of ether oxygens (including phenoxy) is 1. The van der Waals surface area contributed by atoms with Crippen molar-refractivity contribution in [1.82, 2.24) is 4.90 Å². The average Bonchev–Trinajstić information content (AvgIpc) is 2.57. The maximum atomic E-state index is 8.14. The van der Waals surface area contributed by atoms with E-state index in [-0.39, 0.29) is 0 Å². The average molecular weight is 410 g/mol. The van der Waals surface area contributed by atoms with E-state index in [0.717, 1.165) is 24.4 Å². The molecule has 0 aromatic heterocycles. The molecule has 27 heavy (non-hydrogen) atoms. The molecular weight excluding hydrogens is 354 g/mol. The zero-order valence-corrected chi connectivity index (χ0v) is 21.8. The van der Waals surface area contributed by atoms with Crippen LogP contribution in [0.5, 0.6) is 0 Å². The van der Waals surface area contributed by atoms with Gasteiger partial charge in [0.2, 0.25) is 0 Å². The van der Waals surface area contributed by atoms with Crippen LogP contribution in [0.25, 0.3) is 0 Å². The van der Waals surface area contributed by atoms with Crippen molar-refractivity contribution in [3.63, 3.8) is 0 Å². The van der Waals surface area contributed by atoms with Crippen LogP contribution in [-0.4, -0.2) is 63.0 Å². The number of aliphatic hydroxyl groups is 1. The van der Waals surface area contributed by atoms with E-state index in [1.54, 1.807) is 7.11 Å². The van der Waals surface area contributed by atoms with Crippen LogP contribution in [0.2, 0.25) is 0 Å². The summed E-state index contributed by atoms with van der Waals surface area (Å²) in [5.74, 6) is 4.26. The molecule has 1 N–H and O–H groups in total. The van der Waals surface area contributed by atoms with E-state index >= 15 is 0 Å². The van der Waals surface area contributed by atoms with Gasteiger partial charge < -0.3 is 14.7 Å². The van der Waals surface area contributed by atoms with Crippen molar-refractivity contribution in [3.8, 4) is 0 Å². The number of aliphatic hydroxyl groups excluding tert-OH is 1. The van der Waals surface area contributed by atoms with E-state index in [1.165, 1.54) is 31.6 Å². The highest BCUT2D eigenvalue weighted by atomic mass is 32.2. The summed E-state index contributed by atoms with van der Waals surface area (Å²) < 4.78 is 4.85. The smallest absolute Gasteiger partial charge is 0.0464 e. The van der Waals surface area contributed by atoms with Crippen LogP contribution in [-0.2, 0) is 4.74 Å². The number of rotatable bonds is 10. The Morgan fingerprint density at radius 3 is 1.30 bits per heavy atom. The molecule has 4 heteroatoms. The van der Waals surface area contributed by atoms with Crippen LogP contribution >= 0.6 is 11.8 Å². The molecule has 0 fully saturated rings. The molecule has 0 amide bonds. The number of methoxy groups -OCH3 is 1. The van der Waals surface area contributed by atoms with E-state index in [0.29, 0.717) is 12.5 Å². The number of hydrogen-bond donors (Lipinski definition) is 1. The molecule has 0 aliphatic heterocycles. The minimum Gasteiger partial charge on any atom is -0.396 e. The Balaban J connectivity index is -0.000000132. The predicted octanol–water partition coefficient (Wildman–Crippen LogP) is 6.30. The lowest BCUT2D eigenvalue weighted by Crippen LogP contribution is -2.14. The molecule has 0 heterocycles. The first kappa shape index (κ1) is 34.7.